The van der Waals surface area contributed by atoms with Gasteiger partial charge in [0, 0.05) is 53.6 Å². The van der Waals surface area contributed by atoms with Crippen molar-refractivity contribution in [3.63, 3.8) is 0 Å². The van der Waals surface area contributed by atoms with E-state index in [1.165, 1.54) is 12.1 Å². The number of alkyl halides is 3. The van der Waals surface area contributed by atoms with E-state index in [4.69, 9.17) is 0 Å². The predicted molar refractivity (Wildman–Crippen MR) is 126 cm³/mol. The van der Waals surface area contributed by atoms with Crippen molar-refractivity contribution in [2.75, 3.05) is 5.32 Å². The largest absolute Gasteiger partial charge is 0.416 e. The Morgan fingerprint density at radius 2 is 1.74 bits per heavy atom. The number of aromatic nitrogens is 3. The summed E-state index contributed by atoms with van der Waals surface area (Å²) in [4.78, 5) is 17.9. The molecule has 5 aromatic rings. The molecule has 0 saturated heterocycles. The van der Waals surface area contributed by atoms with Crippen LogP contribution in [0.15, 0.2) is 84.0 Å². The number of nitrogens with one attached hydrogen (secondary N) is 1. The SMILES string of the molecule is Cn1cc(-c2cnc3ccc4ccc(NCc5ccccc5C(F)(F)F)cc4c(=O)c3c2)cn1. The quantitative estimate of drug-likeness (QED) is 0.369. The van der Waals surface area contributed by atoms with E-state index in [0.29, 0.717) is 27.4 Å². The Balaban J connectivity index is 1.55. The monoisotopic (exact) mass is 460 g/mol. The minimum absolute atomic E-state index is 0.0260. The minimum Gasteiger partial charge on any atom is -0.381 e. The molecular weight excluding hydrogens is 441 g/mol. The first-order valence-corrected chi connectivity index (χ1v) is 10.5. The zero-order valence-corrected chi connectivity index (χ0v) is 18.1. The third-order valence-corrected chi connectivity index (χ3v) is 5.73. The topological polar surface area (TPSA) is 59.8 Å². The van der Waals surface area contributed by atoms with Crippen molar-refractivity contribution in [3.05, 3.63) is 101 Å². The molecule has 5 nitrogen and oxygen atoms in total. The second-order valence-electron chi connectivity index (χ2n) is 8.03. The smallest absolute Gasteiger partial charge is 0.381 e. The van der Waals surface area contributed by atoms with Crippen molar-refractivity contribution in [2.45, 2.75) is 12.7 Å². The van der Waals surface area contributed by atoms with Gasteiger partial charge < -0.3 is 5.32 Å². The molecular formula is C26H19F3N4O. The van der Waals surface area contributed by atoms with Crippen molar-refractivity contribution >= 4 is 27.4 Å². The molecule has 0 spiro atoms. The lowest BCUT2D eigenvalue weighted by molar-refractivity contribution is -0.138. The molecule has 0 aliphatic carbocycles. The van der Waals surface area contributed by atoms with Crippen LogP contribution in [0.5, 0.6) is 0 Å². The predicted octanol–water partition coefficient (Wildman–Crippen LogP) is 5.78. The van der Waals surface area contributed by atoms with Crippen LogP contribution in [0.1, 0.15) is 11.1 Å². The maximum absolute atomic E-state index is 13.5. The van der Waals surface area contributed by atoms with E-state index in [9.17, 15) is 18.0 Å². The highest BCUT2D eigenvalue weighted by molar-refractivity contribution is 5.94. The van der Waals surface area contributed by atoms with Crippen molar-refractivity contribution in [3.8, 4) is 11.1 Å². The van der Waals surface area contributed by atoms with Gasteiger partial charge in [0.2, 0.25) is 0 Å². The fourth-order valence-corrected chi connectivity index (χ4v) is 3.99. The van der Waals surface area contributed by atoms with Crippen LogP contribution in [0.25, 0.3) is 32.8 Å². The molecule has 0 aliphatic rings. The summed E-state index contributed by atoms with van der Waals surface area (Å²) in [6, 6.07) is 16.0. The van der Waals surface area contributed by atoms with Crippen molar-refractivity contribution < 1.29 is 13.2 Å². The molecule has 0 amide bonds. The van der Waals surface area contributed by atoms with Gasteiger partial charge in [0.1, 0.15) is 0 Å². The first-order valence-electron chi connectivity index (χ1n) is 10.5. The Morgan fingerprint density at radius 1 is 0.941 bits per heavy atom. The fraction of sp³-hybridized carbons (Fsp3) is 0.115. The molecule has 0 bridgehead atoms. The maximum atomic E-state index is 13.5. The van der Waals surface area contributed by atoms with Crippen LogP contribution >= 0.6 is 0 Å². The number of anilines is 1. The van der Waals surface area contributed by atoms with Crippen LogP contribution < -0.4 is 10.7 Å². The number of rotatable bonds is 4. The van der Waals surface area contributed by atoms with Gasteiger partial charge in [-0.05, 0) is 41.3 Å². The van der Waals surface area contributed by atoms with Crippen LogP contribution in [-0.2, 0) is 19.8 Å². The lowest BCUT2D eigenvalue weighted by atomic mass is 10.1. The number of hydrogen-bond acceptors (Lipinski definition) is 4. The highest BCUT2D eigenvalue weighted by Crippen LogP contribution is 2.32. The highest BCUT2D eigenvalue weighted by atomic mass is 19.4. The maximum Gasteiger partial charge on any atom is 0.416 e. The van der Waals surface area contributed by atoms with Crippen molar-refractivity contribution in [1.82, 2.24) is 14.8 Å². The lowest BCUT2D eigenvalue weighted by Crippen LogP contribution is -2.11. The summed E-state index contributed by atoms with van der Waals surface area (Å²) in [5.74, 6) is 0. The van der Waals surface area contributed by atoms with Crippen molar-refractivity contribution in [2.24, 2.45) is 7.05 Å². The van der Waals surface area contributed by atoms with Gasteiger partial charge in [0.25, 0.3) is 0 Å². The molecule has 8 heteroatoms. The number of pyridine rings is 1. The number of benzene rings is 2. The average Bonchev–Trinajstić information content (AvgIpc) is 3.21. The second-order valence-corrected chi connectivity index (χ2v) is 8.03. The standard InChI is InChI=1S/C26H19F3N4O/c1-33-15-19(14-32-33)18-10-22-24(31-13-18)9-7-16-6-8-20(11-21(16)25(22)34)30-12-17-4-2-3-5-23(17)26(27,28)29/h2-11,13-15,30H,12H2,1H3. The molecule has 0 fully saturated rings. The molecule has 0 unspecified atom stereocenters. The molecule has 0 aliphatic heterocycles. The van der Waals surface area contributed by atoms with Crippen molar-refractivity contribution in [1.29, 1.82) is 0 Å². The van der Waals surface area contributed by atoms with Crippen LogP contribution in [0.4, 0.5) is 18.9 Å². The summed E-state index contributed by atoms with van der Waals surface area (Å²) >= 11 is 0. The number of nitrogens with zero attached hydrogens (tertiary/aromatic N) is 3. The minimum atomic E-state index is -4.44. The number of hydrogen-bond donors (Lipinski definition) is 1. The lowest BCUT2D eigenvalue weighted by Gasteiger charge is -2.14. The zero-order chi connectivity index (χ0) is 23.9. The third-order valence-electron chi connectivity index (χ3n) is 5.73. The molecule has 2 heterocycles. The van der Waals surface area contributed by atoms with Crippen LogP contribution in [0.2, 0.25) is 0 Å². The van der Waals surface area contributed by atoms with E-state index < -0.39 is 11.7 Å². The molecule has 2 aromatic heterocycles. The van der Waals surface area contributed by atoms with Crippen LogP contribution in [0, 0.1) is 0 Å². The van der Waals surface area contributed by atoms with E-state index >= 15 is 0 Å². The van der Waals surface area contributed by atoms with E-state index in [2.05, 4.69) is 15.4 Å². The van der Waals surface area contributed by atoms with Gasteiger partial charge in [-0.15, -0.1) is 0 Å². The first-order chi connectivity index (χ1) is 16.3. The Bertz CT molecular complexity index is 1590. The summed E-state index contributed by atoms with van der Waals surface area (Å²) < 4.78 is 41.6. The molecule has 1 N–H and O–H groups in total. The number of halogens is 3. The van der Waals surface area contributed by atoms with E-state index in [0.717, 1.165) is 17.2 Å². The van der Waals surface area contributed by atoms with Gasteiger partial charge in [0.05, 0.1) is 17.3 Å². The molecule has 3 aromatic carbocycles. The third kappa shape index (κ3) is 4.10. The van der Waals surface area contributed by atoms with Gasteiger partial charge in [0.15, 0.2) is 5.43 Å². The number of aryl methyl sites for hydroxylation is 1. The molecule has 5 rings (SSSR count). The molecule has 0 atom stereocenters. The first kappa shape index (κ1) is 21.6. The van der Waals surface area contributed by atoms with Gasteiger partial charge in [-0.2, -0.15) is 18.3 Å². The summed E-state index contributed by atoms with van der Waals surface area (Å²) in [7, 11) is 1.81. The van der Waals surface area contributed by atoms with Crippen LogP contribution in [-0.4, -0.2) is 14.8 Å². The average molecular weight is 460 g/mol. The zero-order valence-electron chi connectivity index (χ0n) is 18.1. The van der Waals surface area contributed by atoms with E-state index in [1.54, 1.807) is 53.5 Å². The summed E-state index contributed by atoms with van der Waals surface area (Å²) in [6.45, 7) is -0.0260. The Kier molecular flexibility index (Phi) is 5.28. The number of fused-ring (bicyclic) bond motifs is 2. The summed E-state index contributed by atoms with van der Waals surface area (Å²) in [6.07, 6.45) is 0.814. The Morgan fingerprint density at radius 3 is 2.50 bits per heavy atom. The van der Waals surface area contributed by atoms with Gasteiger partial charge in [-0.1, -0.05) is 30.3 Å². The normalized spacial score (nSPS) is 11.8. The summed E-state index contributed by atoms with van der Waals surface area (Å²) in [5, 5.41) is 8.82. The van der Waals surface area contributed by atoms with Gasteiger partial charge in [-0.25, -0.2) is 0 Å². The Hall–Kier alpha value is -4.20. The molecule has 0 saturated carbocycles. The van der Waals surface area contributed by atoms with Gasteiger partial charge in [-0.3, -0.25) is 14.5 Å². The molecule has 170 valence electrons. The molecule has 34 heavy (non-hydrogen) atoms. The Labute approximate surface area is 192 Å². The van der Waals surface area contributed by atoms with E-state index in [-0.39, 0.29) is 17.5 Å². The fourth-order valence-electron chi connectivity index (χ4n) is 3.99. The van der Waals surface area contributed by atoms with Crippen LogP contribution in [0.3, 0.4) is 0 Å². The van der Waals surface area contributed by atoms with E-state index in [1.807, 2.05) is 19.3 Å². The highest BCUT2D eigenvalue weighted by Gasteiger charge is 2.32. The molecule has 0 radical (unpaired) electrons. The second kappa shape index (κ2) is 8.30. The summed E-state index contributed by atoms with van der Waals surface area (Å²) in [5.41, 5.74) is 1.98. The van der Waals surface area contributed by atoms with Gasteiger partial charge >= 0.3 is 6.18 Å².